The third-order valence-electron chi connectivity index (χ3n) is 3.56. The first-order valence-corrected chi connectivity index (χ1v) is 7.77. The molecule has 2 amide bonds. The average molecular weight is 330 g/mol. The van der Waals surface area contributed by atoms with E-state index in [1.165, 1.54) is 4.90 Å². The molecule has 128 valence electrons. The van der Waals surface area contributed by atoms with Gasteiger partial charge in [0.2, 0.25) is 0 Å². The molecule has 0 aliphatic carbocycles. The van der Waals surface area contributed by atoms with Gasteiger partial charge in [0.25, 0.3) is 0 Å². The minimum Gasteiger partial charge on any atom is -0.481 e. The van der Waals surface area contributed by atoms with E-state index in [2.05, 4.69) is 10.4 Å². The fourth-order valence-corrected chi connectivity index (χ4v) is 2.11. The number of benzene rings is 1. The molecule has 0 saturated carbocycles. The monoisotopic (exact) mass is 330 g/mol. The Hall–Kier alpha value is -2.83. The molecular formula is C17H22N4O3. The molecule has 1 aromatic heterocycles. The molecule has 0 fully saturated rings. The molecule has 2 aromatic rings. The summed E-state index contributed by atoms with van der Waals surface area (Å²) in [5.74, 6) is -0.168. The number of amides is 2. The quantitative estimate of drug-likeness (QED) is 0.852. The van der Waals surface area contributed by atoms with E-state index in [0.29, 0.717) is 5.82 Å². The summed E-state index contributed by atoms with van der Waals surface area (Å²) < 4.78 is 1.68. The first-order valence-electron chi connectivity index (χ1n) is 7.77. The van der Waals surface area contributed by atoms with Crippen molar-refractivity contribution in [1.82, 2.24) is 14.7 Å². The van der Waals surface area contributed by atoms with E-state index in [4.69, 9.17) is 5.11 Å². The Morgan fingerprint density at radius 3 is 2.54 bits per heavy atom. The van der Waals surface area contributed by atoms with Crippen LogP contribution in [0.15, 0.2) is 36.4 Å². The van der Waals surface area contributed by atoms with Crippen LogP contribution in [-0.2, 0) is 4.79 Å². The van der Waals surface area contributed by atoms with Crippen molar-refractivity contribution in [2.24, 2.45) is 0 Å². The van der Waals surface area contributed by atoms with E-state index in [1.807, 2.05) is 50.2 Å². The second-order valence-corrected chi connectivity index (χ2v) is 5.85. The highest BCUT2D eigenvalue weighted by Gasteiger charge is 2.16. The Morgan fingerprint density at radius 2 is 1.96 bits per heavy atom. The van der Waals surface area contributed by atoms with E-state index in [-0.39, 0.29) is 24.9 Å². The standard InChI is InChI=1S/C17H22N4O3/c1-12(2)14-11-15(18-17(24)20(3)10-9-16(22)23)21(19-14)13-7-5-4-6-8-13/h4-8,11-12H,9-10H2,1-3H3,(H,18,24)(H,22,23). The number of urea groups is 1. The van der Waals surface area contributed by atoms with Gasteiger partial charge in [-0.05, 0) is 18.1 Å². The van der Waals surface area contributed by atoms with Crippen molar-refractivity contribution in [3.05, 3.63) is 42.1 Å². The fraction of sp³-hybridized carbons (Fsp3) is 0.353. The van der Waals surface area contributed by atoms with Gasteiger partial charge in [-0.25, -0.2) is 9.48 Å². The Bertz CT molecular complexity index is 710. The molecule has 0 unspecified atom stereocenters. The van der Waals surface area contributed by atoms with Crippen LogP contribution in [0.2, 0.25) is 0 Å². The van der Waals surface area contributed by atoms with Gasteiger partial charge in [-0.3, -0.25) is 10.1 Å². The molecule has 0 atom stereocenters. The number of aromatic nitrogens is 2. The molecule has 0 radical (unpaired) electrons. The van der Waals surface area contributed by atoms with Gasteiger partial charge in [0.1, 0.15) is 5.82 Å². The van der Waals surface area contributed by atoms with Crippen LogP contribution in [0.4, 0.5) is 10.6 Å². The number of para-hydroxylation sites is 1. The lowest BCUT2D eigenvalue weighted by molar-refractivity contribution is -0.137. The lowest BCUT2D eigenvalue weighted by Crippen LogP contribution is -2.33. The summed E-state index contributed by atoms with van der Waals surface area (Å²) in [6.07, 6.45) is -0.0981. The zero-order chi connectivity index (χ0) is 17.7. The summed E-state index contributed by atoms with van der Waals surface area (Å²) in [6, 6.07) is 11.0. The van der Waals surface area contributed by atoms with Gasteiger partial charge in [0.15, 0.2) is 0 Å². The summed E-state index contributed by atoms with van der Waals surface area (Å²) in [4.78, 5) is 24.2. The van der Waals surface area contributed by atoms with E-state index in [0.717, 1.165) is 11.4 Å². The molecule has 2 rings (SSSR count). The SMILES string of the molecule is CC(C)c1cc(NC(=O)N(C)CCC(=O)O)n(-c2ccccc2)n1. The average Bonchev–Trinajstić information content (AvgIpc) is 2.97. The highest BCUT2D eigenvalue weighted by Crippen LogP contribution is 2.22. The second kappa shape index (κ2) is 7.63. The third-order valence-corrected chi connectivity index (χ3v) is 3.56. The maximum atomic E-state index is 12.3. The molecular weight excluding hydrogens is 308 g/mol. The molecule has 0 aliphatic heterocycles. The smallest absolute Gasteiger partial charge is 0.322 e. The van der Waals surface area contributed by atoms with Crippen LogP contribution in [0.1, 0.15) is 31.9 Å². The molecule has 7 heteroatoms. The Kier molecular flexibility index (Phi) is 5.57. The van der Waals surface area contributed by atoms with E-state index in [9.17, 15) is 9.59 Å². The maximum Gasteiger partial charge on any atom is 0.322 e. The maximum absolute atomic E-state index is 12.3. The van der Waals surface area contributed by atoms with Gasteiger partial charge in [0, 0.05) is 19.7 Å². The normalized spacial score (nSPS) is 10.7. The predicted octanol–water partition coefficient (Wildman–Crippen LogP) is 2.93. The van der Waals surface area contributed by atoms with Crippen LogP contribution in [0.25, 0.3) is 5.69 Å². The largest absolute Gasteiger partial charge is 0.481 e. The van der Waals surface area contributed by atoms with Gasteiger partial charge in [0.05, 0.1) is 17.8 Å². The van der Waals surface area contributed by atoms with Gasteiger partial charge in [-0.1, -0.05) is 32.0 Å². The van der Waals surface area contributed by atoms with E-state index < -0.39 is 5.97 Å². The van der Waals surface area contributed by atoms with E-state index in [1.54, 1.807) is 11.7 Å². The van der Waals surface area contributed by atoms with Crippen LogP contribution >= 0.6 is 0 Å². The number of hydrogen-bond donors (Lipinski definition) is 2. The van der Waals surface area contributed by atoms with Crippen molar-refractivity contribution >= 4 is 17.8 Å². The molecule has 1 aromatic carbocycles. The highest BCUT2D eigenvalue weighted by atomic mass is 16.4. The zero-order valence-electron chi connectivity index (χ0n) is 14.1. The molecule has 0 spiro atoms. The van der Waals surface area contributed by atoms with Crippen molar-refractivity contribution in [3.63, 3.8) is 0 Å². The molecule has 24 heavy (non-hydrogen) atoms. The fourth-order valence-electron chi connectivity index (χ4n) is 2.11. The summed E-state index contributed by atoms with van der Waals surface area (Å²) in [7, 11) is 1.56. The van der Waals surface area contributed by atoms with E-state index >= 15 is 0 Å². The lowest BCUT2D eigenvalue weighted by Gasteiger charge is -2.17. The van der Waals surface area contributed by atoms with Crippen LogP contribution < -0.4 is 5.32 Å². The number of carbonyl (C=O) groups excluding carboxylic acids is 1. The molecule has 0 aliphatic rings. The zero-order valence-corrected chi connectivity index (χ0v) is 14.1. The van der Waals surface area contributed by atoms with Crippen LogP contribution in [-0.4, -0.2) is 45.4 Å². The minimum absolute atomic E-state index is 0.0981. The number of anilines is 1. The van der Waals surface area contributed by atoms with Crippen molar-refractivity contribution in [2.45, 2.75) is 26.2 Å². The van der Waals surface area contributed by atoms with Gasteiger partial charge in [-0.15, -0.1) is 0 Å². The summed E-state index contributed by atoms with van der Waals surface area (Å²) in [5, 5.41) is 16.1. The topological polar surface area (TPSA) is 87.5 Å². The predicted molar refractivity (Wildman–Crippen MR) is 91.6 cm³/mol. The first kappa shape index (κ1) is 17.5. The van der Waals surface area contributed by atoms with Crippen molar-refractivity contribution in [2.75, 3.05) is 18.9 Å². The van der Waals surface area contributed by atoms with Crippen LogP contribution in [0.3, 0.4) is 0 Å². The number of carboxylic acids is 1. The Morgan fingerprint density at radius 1 is 1.29 bits per heavy atom. The molecule has 0 bridgehead atoms. The number of hydrogen-bond acceptors (Lipinski definition) is 3. The van der Waals surface area contributed by atoms with Crippen molar-refractivity contribution in [3.8, 4) is 5.69 Å². The lowest BCUT2D eigenvalue weighted by atomic mass is 10.1. The van der Waals surface area contributed by atoms with Crippen LogP contribution in [0, 0.1) is 0 Å². The molecule has 1 heterocycles. The first-order chi connectivity index (χ1) is 11.4. The molecule has 7 nitrogen and oxygen atoms in total. The highest BCUT2D eigenvalue weighted by molar-refractivity contribution is 5.88. The molecule has 2 N–H and O–H groups in total. The van der Waals surface area contributed by atoms with Gasteiger partial charge >= 0.3 is 12.0 Å². The minimum atomic E-state index is -0.939. The molecule has 0 saturated heterocycles. The summed E-state index contributed by atoms with van der Waals surface area (Å²) >= 11 is 0. The second-order valence-electron chi connectivity index (χ2n) is 5.85. The van der Waals surface area contributed by atoms with Crippen LogP contribution in [0.5, 0.6) is 0 Å². The van der Waals surface area contributed by atoms with Gasteiger partial charge in [-0.2, -0.15) is 5.10 Å². The summed E-state index contributed by atoms with van der Waals surface area (Å²) in [5.41, 5.74) is 1.70. The number of aliphatic carboxylic acids is 1. The summed E-state index contributed by atoms with van der Waals surface area (Å²) in [6.45, 7) is 4.20. The number of carbonyl (C=O) groups is 2. The van der Waals surface area contributed by atoms with Crippen molar-refractivity contribution < 1.29 is 14.7 Å². The van der Waals surface area contributed by atoms with Crippen molar-refractivity contribution in [1.29, 1.82) is 0 Å². The third kappa shape index (κ3) is 4.34. The Balaban J connectivity index is 2.22. The number of nitrogens with zero attached hydrogens (tertiary/aromatic N) is 3. The number of nitrogens with one attached hydrogen (secondary N) is 1. The van der Waals surface area contributed by atoms with Gasteiger partial charge < -0.3 is 10.0 Å². The number of carboxylic acid groups (broad SMARTS) is 1. The Labute approximate surface area is 140 Å². The number of rotatable bonds is 6.